The van der Waals surface area contributed by atoms with Crippen molar-refractivity contribution in [2.45, 2.75) is 25.2 Å². The molecular formula is C13H20N2O2S. The van der Waals surface area contributed by atoms with Crippen LogP contribution < -0.4 is 10.6 Å². The first-order valence-corrected chi connectivity index (χ1v) is 7.17. The van der Waals surface area contributed by atoms with Crippen LogP contribution in [0.15, 0.2) is 24.3 Å². The van der Waals surface area contributed by atoms with Gasteiger partial charge >= 0.3 is 6.03 Å². The van der Waals surface area contributed by atoms with Gasteiger partial charge in [-0.25, -0.2) is 4.79 Å². The maximum Gasteiger partial charge on any atom is 0.319 e. The number of carbonyl (C=O) groups excluding carboxylic acids is 1. The van der Waals surface area contributed by atoms with Gasteiger partial charge in [0, 0.05) is 17.5 Å². The van der Waals surface area contributed by atoms with Crippen molar-refractivity contribution in [2.75, 3.05) is 18.1 Å². The van der Waals surface area contributed by atoms with Gasteiger partial charge < -0.3 is 15.7 Å². The Kier molecular flexibility index (Phi) is 6.01. The number of nitrogens with one attached hydrogen (secondary N) is 2. The molecule has 5 heteroatoms. The molecule has 0 heterocycles. The number of rotatable bonds is 5. The third kappa shape index (κ3) is 4.98. The van der Waals surface area contributed by atoms with Crippen molar-refractivity contribution >= 4 is 23.5 Å². The molecule has 0 radical (unpaired) electrons. The van der Waals surface area contributed by atoms with Crippen molar-refractivity contribution < 1.29 is 9.90 Å². The number of anilines is 1. The van der Waals surface area contributed by atoms with Crippen molar-refractivity contribution in [2.24, 2.45) is 0 Å². The van der Waals surface area contributed by atoms with E-state index in [1.807, 2.05) is 18.4 Å². The molecule has 2 atom stereocenters. The van der Waals surface area contributed by atoms with Crippen molar-refractivity contribution in [1.29, 1.82) is 0 Å². The summed E-state index contributed by atoms with van der Waals surface area (Å²) in [6, 6.07) is 6.97. The van der Waals surface area contributed by atoms with Gasteiger partial charge in [-0.3, -0.25) is 0 Å². The van der Waals surface area contributed by atoms with E-state index in [2.05, 4.69) is 17.6 Å². The number of amides is 2. The lowest BCUT2D eigenvalue weighted by Gasteiger charge is -2.12. The minimum Gasteiger partial charge on any atom is -0.389 e. The van der Waals surface area contributed by atoms with E-state index in [0.717, 1.165) is 5.56 Å². The Bertz CT molecular complexity index is 396. The molecule has 18 heavy (non-hydrogen) atoms. The standard InChI is InChI=1S/C13H20N2O2S/c1-9(18-3)8-14-13(17)15-12-6-4-5-11(7-12)10(2)16/h4-7,9-10,16H,8H2,1-3H3,(H2,14,15,17). The van der Waals surface area contributed by atoms with Gasteiger partial charge in [-0.1, -0.05) is 19.1 Å². The minimum atomic E-state index is -0.536. The topological polar surface area (TPSA) is 61.4 Å². The Morgan fingerprint density at radius 2 is 2.17 bits per heavy atom. The van der Waals surface area contributed by atoms with Crippen LogP contribution in [0.3, 0.4) is 0 Å². The molecule has 0 saturated heterocycles. The van der Waals surface area contributed by atoms with E-state index in [-0.39, 0.29) is 6.03 Å². The fourth-order valence-electron chi connectivity index (χ4n) is 1.37. The molecule has 0 fully saturated rings. The molecular weight excluding hydrogens is 248 g/mol. The van der Waals surface area contributed by atoms with Crippen molar-refractivity contribution in [3.8, 4) is 0 Å². The summed E-state index contributed by atoms with van der Waals surface area (Å²) in [5.74, 6) is 0. The molecule has 0 aliphatic rings. The van der Waals surface area contributed by atoms with Crippen LogP contribution in [-0.2, 0) is 0 Å². The molecule has 0 saturated carbocycles. The number of hydrogen-bond acceptors (Lipinski definition) is 3. The molecule has 2 unspecified atom stereocenters. The molecule has 1 aromatic rings. The van der Waals surface area contributed by atoms with Crippen LogP contribution in [0.4, 0.5) is 10.5 Å². The monoisotopic (exact) mass is 268 g/mol. The van der Waals surface area contributed by atoms with Gasteiger partial charge in [0.05, 0.1) is 6.10 Å². The van der Waals surface area contributed by atoms with Crippen LogP contribution in [0.2, 0.25) is 0 Å². The zero-order chi connectivity index (χ0) is 13.5. The van der Waals surface area contributed by atoms with Crippen LogP contribution in [-0.4, -0.2) is 29.2 Å². The van der Waals surface area contributed by atoms with Crippen molar-refractivity contribution in [3.63, 3.8) is 0 Å². The zero-order valence-electron chi connectivity index (χ0n) is 10.9. The van der Waals surface area contributed by atoms with Gasteiger partial charge in [0.1, 0.15) is 0 Å². The first-order valence-electron chi connectivity index (χ1n) is 5.88. The van der Waals surface area contributed by atoms with E-state index in [9.17, 15) is 9.90 Å². The second-order valence-corrected chi connectivity index (χ2v) is 5.46. The van der Waals surface area contributed by atoms with Gasteiger partial charge in [0.15, 0.2) is 0 Å². The van der Waals surface area contributed by atoms with E-state index >= 15 is 0 Å². The highest BCUT2D eigenvalue weighted by Gasteiger charge is 2.06. The van der Waals surface area contributed by atoms with Crippen LogP contribution >= 0.6 is 11.8 Å². The molecule has 4 nitrogen and oxygen atoms in total. The Hall–Kier alpha value is -1.20. The van der Waals surface area contributed by atoms with Gasteiger partial charge in [-0.2, -0.15) is 11.8 Å². The van der Waals surface area contributed by atoms with Gasteiger partial charge in [-0.15, -0.1) is 0 Å². The summed E-state index contributed by atoms with van der Waals surface area (Å²) in [6.45, 7) is 4.38. The predicted octanol–water partition coefficient (Wildman–Crippen LogP) is 2.61. The third-order valence-electron chi connectivity index (χ3n) is 2.58. The summed E-state index contributed by atoms with van der Waals surface area (Å²) >= 11 is 1.70. The van der Waals surface area contributed by atoms with Crippen LogP contribution in [0, 0.1) is 0 Å². The highest BCUT2D eigenvalue weighted by Crippen LogP contribution is 2.16. The first kappa shape index (κ1) is 14.9. The number of aliphatic hydroxyl groups excluding tert-OH is 1. The average Bonchev–Trinajstić information content (AvgIpc) is 2.36. The van der Waals surface area contributed by atoms with Gasteiger partial charge in [0.2, 0.25) is 0 Å². The van der Waals surface area contributed by atoms with Crippen LogP contribution in [0.25, 0.3) is 0 Å². The van der Waals surface area contributed by atoms with Gasteiger partial charge in [0.25, 0.3) is 0 Å². The Balaban J connectivity index is 2.51. The molecule has 100 valence electrons. The molecule has 3 N–H and O–H groups in total. The summed E-state index contributed by atoms with van der Waals surface area (Å²) in [6.07, 6.45) is 1.47. The van der Waals surface area contributed by atoms with Crippen LogP contribution in [0.5, 0.6) is 0 Å². The molecule has 0 aliphatic carbocycles. The molecule has 1 rings (SSSR count). The van der Waals surface area contributed by atoms with E-state index in [1.54, 1.807) is 30.8 Å². The van der Waals surface area contributed by atoms with Crippen molar-refractivity contribution in [1.82, 2.24) is 5.32 Å². The second-order valence-electron chi connectivity index (χ2n) is 4.18. The normalized spacial score (nSPS) is 13.8. The summed E-state index contributed by atoms with van der Waals surface area (Å²) < 4.78 is 0. The predicted molar refractivity (Wildman–Crippen MR) is 77.1 cm³/mol. The molecule has 1 aromatic carbocycles. The Morgan fingerprint density at radius 3 is 2.78 bits per heavy atom. The highest BCUT2D eigenvalue weighted by molar-refractivity contribution is 7.99. The highest BCUT2D eigenvalue weighted by atomic mass is 32.2. The fourth-order valence-corrected chi connectivity index (χ4v) is 1.62. The summed E-state index contributed by atoms with van der Waals surface area (Å²) in [5, 5.41) is 15.4. The third-order valence-corrected chi connectivity index (χ3v) is 3.55. The maximum absolute atomic E-state index is 11.6. The Morgan fingerprint density at radius 1 is 1.44 bits per heavy atom. The second kappa shape index (κ2) is 7.28. The van der Waals surface area contributed by atoms with E-state index in [1.165, 1.54) is 0 Å². The Labute approximate surface area is 112 Å². The molecule has 0 bridgehead atoms. The largest absolute Gasteiger partial charge is 0.389 e. The summed E-state index contributed by atoms with van der Waals surface area (Å²) in [7, 11) is 0. The number of aliphatic hydroxyl groups is 1. The number of thioether (sulfide) groups is 1. The quantitative estimate of drug-likeness (QED) is 0.769. The minimum absolute atomic E-state index is 0.223. The maximum atomic E-state index is 11.6. The number of benzene rings is 1. The van der Waals surface area contributed by atoms with Gasteiger partial charge in [-0.05, 0) is 30.9 Å². The smallest absolute Gasteiger partial charge is 0.319 e. The van der Waals surface area contributed by atoms with Crippen LogP contribution in [0.1, 0.15) is 25.5 Å². The molecule has 0 spiro atoms. The summed E-state index contributed by atoms with van der Waals surface area (Å²) in [4.78, 5) is 11.6. The zero-order valence-corrected chi connectivity index (χ0v) is 11.8. The SMILES string of the molecule is CSC(C)CNC(=O)Nc1cccc(C(C)O)c1. The lowest BCUT2D eigenvalue weighted by Crippen LogP contribution is -2.33. The lowest BCUT2D eigenvalue weighted by molar-refractivity contribution is 0.199. The first-order chi connectivity index (χ1) is 8.52. The lowest BCUT2D eigenvalue weighted by atomic mass is 10.1. The average molecular weight is 268 g/mol. The molecule has 0 aliphatic heterocycles. The van der Waals surface area contributed by atoms with E-state index in [0.29, 0.717) is 17.5 Å². The number of hydrogen-bond donors (Lipinski definition) is 3. The number of carbonyl (C=O) groups is 1. The number of urea groups is 1. The molecule has 0 aromatic heterocycles. The summed E-state index contributed by atoms with van der Waals surface area (Å²) in [5.41, 5.74) is 1.47. The fraction of sp³-hybridized carbons (Fsp3) is 0.462. The van der Waals surface area contributed by atoms with E-state index < -0.39 is 6.10 Å². The van der Waals surface area contributed by atoms with Crippen molar-refractivity contribution in [3.05, 3.63) is 29.8 Å². The molecule has 2 amide bonds. The van der Waals surface area contributed by atoms with E-state index in [4.69, 9.17) is 0 Å².